The third-order valence-corrected chi connectivity index (χ3v) is 3.49. The molecule has 0 fully saturated rings. The molecule has 1 aromatic heterocycles. The van der Waals surface area contributed by atoms with Gasteiger partial charge in [0.05, 0.1) is 12.6 Å². The normalized spacial score (nSPS) is 10.8. The number of hydrogen-bond acceptors (Lipinski definition) is 3. The third-order valence-electron chi connectivity index (χ3n) is 3.20. The van der Waals surface area contributed by atoms with Crippen LogP contribution < -0.4 is 4.74 Å². The van der Waals surface area contributed by atoms with Crippen LogP contribution in [-0.4, -0.2) is 17.1 Å². The van der Waals surface area contributed by atoms with E-state index in [1.165, 1.54) is 12.1 Å². The van der Waals surface area contributed by atoms with Crippen LogP contribution in [-0.2, 0) is 6.42 Å². The summed E-state index contributed by atoms with van der Waals surface area (Å²) in [6, 6.07) is 12.0. The molecule has 5 heteroatoms. The monoisotopic (exact) mass is 302 g/mol. The largest absolute Gasteiger partial charge is 0.496 e. The summed E-state index contributed by atoms with van der Waals surface area (Å²) in [6.07, 6.45) is 0.497. The predicted octanol–water partition coefficient (Wildman–Crippen LogP) is 4.02. The van der Waals surface area contributed by atoms with E-state index in [9.17, 15) is 4.39 Å². The van der Waals surface area contributed by atoms with Crippen molar-refractivity contribution in [1.29, 1.82) is 0 Å². The van der Waals surface area contributed by atoms with E-state index in [4.69, 9.17) is 16.3 Å². The molecule has 0 saturated heterocycles. The lowest BCUT2D eigenvalue weighted by Crippen LogP contribution is -2.00. The maximum Gasteiger partial charge on any atom is 0.140 e. The van der Waals surface area contributed by atoms with Crippen molar-refractivity contribution in [2.45, 2.75) is 6.42 Å². The molecule has 0 radical (unpaired) electrons. The first kappa shape index (κ1) is 13.8. The zero-order chi connectivity index (χ0) is 14.8. The Morgan fingerprint density at radius 2 is 1.95 bits per heavy atom. The van der Waals surface area contributed by atoms with Gasteiger partial charge >= 0.3 is 0 Å². The van der Waals surface area contributed by atoms with Crippen LogP contribution in [0.4, 0.5) is 4.39 Å². The quantitative estimate of drug-likeness (QED) is 0.685. The van der Waals surface area contributed by atoms with E-state index in [0.717, 1.165) is 11.3 Å². The standard InChI is InChI=1S/C16H12ClFN2O/c1-21-14-5-3-2-4-10(14)8-15-19-13-7-6-11(18)9-12(13)16(17)20-15/h2-7,9H,8H2,1H3. The Balaban J connectivity index is 2.03. The Labute approximate surface area is 126 Å². The number of fused-ring (bicyclic) bond motifs is 1. The molecule has 0 saturated carbocycles. The van der Waals surface area contributed by atoms with E-state index in [2.05, 4.69) is 9.97 Å². The molecular formula is C16H12ClFN2O. The van der Waals surface area contributed by atoms with Crippen LogP contribution in [0.2, 0.25) is 5.15 Å². The number of benzene rings is 2. The van der Waals surface area contributed by atoms with Crippen LogP contribution in [0, 0.1) is 5.82 Å². The Kier molecular flexibility index (Phi) is 3.71. The van der Waals surface area contributed by atoms with Crippen molar-refractivity contribution >= 4 is 22.5 Å². The number of halogens is 2. The number of ether oxygens (including phenoxy) is 1. The molecule has 0 N–H and O–H groups in total. The highest BCUT2D eigenvalue weighted by Crippen LogP contribution is 2.24. The Hall–Kier alpha value is -2.20. The van der Waals surface area contributed by atoms with Crippen molar-refractivity contribution in [2.75, 3.05) is 7.11 Å². The van der Waals surface area contributed by atoms with E-state index in [0.29, 0.717) is 23.1 Å². The molecule has 0 aliphatic carbocycles. The number of hydrogen-bond donors (Lipinski definition) is 0. The van der Waals surface area contributed by atoms with Gasteiger partial charge in [-0.2, -0.15) is 0 Å². The molecule has 2 aromatic carbocycles. The third kappa shape index (κ3) is 2.81. The Morgan fingerprint density at radius 3 is 2.76 bits per heavy atom. The van der Waals surface area contributed by atoms with Crippen LogP contribution in [0.15, 0.2) is 42.5 Å². The average molecular weight is 303 g/mol. The highest BCUT2D eigenvalue weighted by Gasteiger charge is 2.10. The van der Waals surface area contributed by atoms with E-state index < -0.39 is 0 Å². The molecule has 0 aliphatic rings. The maximum absolute atomic E-state index is 13.2. The topological polar surface area (TPSA) is 35.0 Å². The molecule has 106 valence electrons. The minimum absolute atomic E-state index is 0.254. The molecule has 0 bridgehead atoms. The fraction of sp³-hybridized carbons (Fsp3) is 0.125. The summed E-state index contributed by atoms with van der Waals surface area (Å²) in [5.41, 5.74) is 1.60. The van der Waals surface area contributed by atoms with Crippen molar-refractivity contribution in [3.05, 3.63) is 64.8 Å². The molecule has 1 heterocycles. The average Bonchev–Trinajstić information content (AvgIpc) is 2.49. The molecule has 21 heavy (non-hydrogen) atoms. The second kappa shape index (κ2) is 5.66. The van der Waals surface area contributed by atoms with Crippen LogP contribution in [0.3, 0.4) is 0 Å². The van der Waals surface area contributed by atoms with Gasteiger partial charge in [0.1, 0.15) is 22.5 Å². The van der Waals surface area contributed by atoms with E-state index >= 15 is 0 Å². The van der Waals surface area contributed by atoms with Gasteiger partial charge in [-0.05, 0) is 24.3 Å². The number of rotatable bonds is 3. The lowest BCUT2D eigenvalue weighted by molar-refractivity contribution is 0.410. The summed E-state index contributed by atoms with van der Waals surface area (Å²) < 4.78 is 18.5. The molecule has 0 amide bonds. The molecule has 3 aromatic rings. The smallest absolute Gasteiger partial charge is 0.140 e. The summed E-state index contributed by atoms with van der Waals surface area (Å²) in [6.45, 7) is 0. The number of methoxy groups -OCH3 is 1. The molecule has 3 nitrogen and oxygen atoms in total. The first-order valence-electron chi connectivity index (χ1n) is 6.41. The lowest BCUT2D eigenvalue weighted by atomic mass is 10.1. The second-order valence-electron chi connectivity index (χ2n) is 4.58. The summed E-state index contributed by atoms with van der Waals surface area (Å²) in [7, 11) is 1.62. The van der Waals surface area contributed by atoms with Gasteiger partial charge in [-0.15, -0.1) is 0 Å². The van der Waals surface area contributed by atoms with E-state index in [-0.39, 0.29) is 11.0 Å². The number of para-hydroxylation sites is 1. The van der Waals surface area contributed by atoms with Gasteiger partial charge in [-0.25, -0.2) is 14.4 Å². The summed E-state index contributed by atoms with van der Waals surface area (Å²) in [5.74, 6) is 0.991. The van der Waals surface area contributed by atoms with Crippen LogP contribution in [0.1, 0.15) is 11.4 Å². The fourth-order valence-electron chi connectivity index (χ4n) is 2.21. The Morgan fingerprint density at radius 1 is 1.14 bits per heavy atom. The zero-order valence-electron chi connectivity index (χ0n) is 11.3. The van der Waals surface area contributed by atoms with Crippen molar-refractivity contribution in [2.24, 2.45) is 0 Å². The first-order chi connectivity index (χ1) is 10.2. The maximum atomic E-state index is 13.2. The van der Waals surface area contributed by atoms with Crippen molar-refractivity contribution in [1.82, 2.24) is 9.97 Å². The van der Waals surface area contributed by atoms with Gasteiger partial charge in [-0.1, -0.05) is 29.8 Å². The summed E-state index contributed by atoms with van der Waals surface area (Å²) in [5, 5.41) is 0.768. The second-order valence-corrected chi connectivity index (χ2v) is 4.94. The molecular weight excluding hydrogens is 291 g/mol. The molecule has 0 aliphatic heterocycles. The number of nitrogens with zero attached hydrogens (tertiary/aromatic N) is 2. The van der Waals surface area contributed by atoms with Gasteiger partial charge in [0.2, 0.25) is 0 Å². The van der Waals surface area contributed by atoms with Gasteiger partial charge in [0.25, 0.3) is 0 Å². The van der Waals surface area contributed by atoms with Crippen LogP contribution in [0.25, 0.3) is 10.9 Å². The first-order valence-corrected chi connectivity index (χ1v) is 6.79. The minimum Gasteiger partial charge on any atom is -0.496 e. The molecule has 0 unspecified atom stereocenters. The zero-order valence-corrected chi connectivity index (χ0v) is 12.1. The lowest BCUT2D eigenvalue weighted by Gasteiger charge is -2.08. The van der Waals surface area contributed by atoms with E-state index in [1.807, 2.05) is 24.3 Å². The van der Waals surface area contributed by atoms with Gasteiger partial charge in [-0.3, -0.25) is 0 Å². The molecule has 0 atom stereocenters. The van der Waals surface area contributed by atoms with Crippen molar-refractivity contribution < 1.29 is 9.13 Å². The molecule has 0 spiro atoms. The van der Waals surface area contributed by atoms with Crippen molar-refractivity contribution in [3.8, 4) is 5.75 Å². The van der Waals surface area contributed by atoms with Gasteiger partial charge in [0, 0.05) is 17.4 Å². The summed E-state index contributed by atoms with van der Waals surface area (Å²) in [4.78, 5) is 8.68. The highest BCUT2D eigenvalue weighted by molar-refractivity contribution is 6.34. The fourth-order valence-corrected chi connectivity index (χ4v) is 2.46. The SMILES string of the molecule is COc1ccccc1Cc1nc(Cl)c2cc(F)ccc2n1. The van der Waals surface area contributed by atoms with Crippen LogP contribution >= 0.6 is 11.6 Å². The molecule has 3 rings (SSSR count). The van der Waals surface area contributed by atoms with Gasteiger partial charge < -0.3 is 4.74 Å². The number of aromatic nitrogens is 2. The van der Waals surface area contributed by atoms with Crippen molar-refractivity contribution in [3.63, 3.8) is 0 Å². The minimum atomic E-state index is -0.356. The van der Waals surface area contributed by atoms with E-state index in [1.54, 1.807) is 13.2 Å². The predicted molar refractivity (Wildman–Crippen MR) is 80.3 cm³/mol. The Bertz CT molecular complexity index is 807. The summed E-state index contributed by atoms with van der Waals surface area (Å²) >= 11 is 6.13. The highest BCUT2D eigenvalue weighted by atomic mass is 35.5. The van der Waals surface area contributed by atoms with Crippen LogP contribution in [0.5, 0.6) is 5.75 Å². The van der Waals surface area contributed by atoms with Gasteiger partial charge in [0.15, 0.2) is 0 Å².